The van der Waals surface area contributed by atoms with Gasteiger partial charge in [0.05, 0.1) is 24.3 Å². The van der Waals surface area contributed by atoms with Gasteiger partial charge in [-0.15, -0.1) is 12.4 Å². The van der Waals surface area contributed by atoms with Crippen LogP contribution in [0.4, 0.5) is 0 Å². The minimum absolute atomic E-state index is 0. The minimum atomic E-state index is -3.65. The molecule has 34 heavy (non-hydrogen) atoms. The summed E-state index contributed by atoms with van der Waals surface area (Å²) in [5.74, 6) is -0.979. The summed E-state index contributed by atoms with van der Waals surface area (Å²) in [6, 6.07) is 7.45. The van der Waals surface area contributed by atoms with Crippen LogP contribution in [0.2, 0.25) is 0 Å². The highest BCUT2D eigenvalue weighted by Gasteiger charge is 2.56. The van der Waals surface area contributed by atoms with Crippen LogP contribution in [-0.2, 0) is 26.2 Å². The molecule has 4 rings (SSSR count). The molecule has 0 bridgehead atoms. The van der Waals surface area contributed by atoms with E-state index < -0.39 is 22.0 Å². The van der Waals surface area contributed by atoms with E-state index in [9.17, 15) is 18.0 Å². The van der Waals surface area contributed by atoms with Crippen LogP contribution in [0, 0.1) is 5.92 Å². The Hall–Kier alpha value is -1.90. The standard InChI is InChI=1S/C25H35N3O4S.ClH/c1-3-7-21-24-22(28(25(21)30)33(2,31)32)14-17-27(24)23(29)13-12-19-8-10-20(11-9-19)18-26-15-5-4-6-16-26;/h8-13,21-22,24H,3-7,14-18H2,1-2H3;1H/t21-,22+,24-;/m1./s1. The van der Waals surface area contributed by atoms with E-state index >= 15 is 0 Å². The van der Waals surface area contributed by atoms with Crippen LogP contribution >= 0.6 is 12.4 Å². The summed E-state index contributed by atoms with van der Waals surface area (Å²) in [5.41, 5.74) is 2.22. The molecule has 0 saturated carbocycles. The molecule has 3 aliphatic heterocycles. The second kappa shape index (κ2) is 11.2. The van der Waals surface area contributed by atoms with Crippen molar-refractivity contribution >= 4 is 40.3 Å². The zero-order valence-corrected chi connectivity index (χ0v) is 21.7. The van der Waals surface area contributed by atoms with E-state index in [1.54, 1.807) is 17.1 Å². The number of hydrogen-bond acceptors (Lipinski definition) is 5. The molecule has 2 amide bonds. The van der Waals surface area contributed by atoms with E-state index in [1.165, 1.54) is 24.8 Å². The molecule has 0 unspecified atom stereocenters. The van der Waals surface area contributed by atoms with E-state index in [1.807, 2.05) is 19.1 Å². The van der Waals surface area contributed by atoms with Crippen LogP contribution in [0.15, 0.2) is 30.3 Å². The molecule has 0 aromatic heterocycles. The van der Waals surface area contributed by atoms with Crippen LogP contribution in [0.3, 0.4) is 0 Å². The average Bonchev–Trinajstić information content (AvgIpc) is 3.32. The number of likely N-dealkylation sites (tertiary alicyclic amines) is 2. The highest BCUT2D eigenvalue weighted by Crippen LogP contribution is 2.40. The SMILES string of the molecule is CCC[C@H]1C(=O)N(S(C)(=O)=O)[C@H]2CCN(C(=O)C=Cc3ccc(CN4CCCCC4)cc3)[C@H]12.Cl. The molecule has 3 fully saturated rings. The number of carbonyl (C=O) groups is 2. The van der Waals surface area contributed by atoms with Gasteiger partial charge >= 0.3 is 0 Å². The molecule has 3 saturated heterocycles. The molecule has 3 atom stereocenters. The summed E-state index contributed by atoms with van der Waals surface area (Å²) in [4.78, 5) is 30.1. The number of rotatable bonds is 7. The largest absolute Gasteiger partial charge is 0.333 e. The number of piperidine rings is 1. The highest BCUT2D eigenvalue weighted by molar-refractivity contribution is 7.88. The first-order valence-electron chi connectivity index (χ1n) is 12.1. The number of halogens is 1. The first-order valence-corrected chi connectivity index (χ1v) is 14.0. The Kier molecular flexibility index (Phi) is 8.82. The molecule has 7 nitrogen and oxygen atoms in total. The van der Waals surface area contributed by atoms with Crippen molar-refractivity contribution in [3.63, 3.8) is 0 Å². The quantitative estimate of drug-likeness (QED) is 0.527. The average molecular weight is 510 g/mol. The summed E-state index contributed by atoms with van der Waals surface area (Å²) in [6.07, 6.45) is 10.1. The van der Waals surface area contributed by atoms with Crippen LogP contribution in [0.25, 0.3) is 6.08 Å². The molecule has 0 spiro atoms. The minimum Gasteiger partial charge on any atom is -0.333 e. The van der Waals surface area contributed by atoms with Gasteiger partial charge in [0, 0.05) is 19.2 Å². The van der Waals surface area contributed by atoms with Crippen LogP contribution < -0.4 is 0 Å². The maximum Gasteiger partial charge on any atom is 0.246 e. The molecule has 3 aliphatic rings. The smallest absolute Gasteiger partial charge is 0.246 e. The van der Waals surface area contributed by atoms with Crippen molar-refractivity contribution in [2.24, 2.45) is 5.92 Å². The lowest BCUT2D eigenvalue weighted by atomic mass is 9.94. The van der Waals surface area contributed by atoms with Gasteiger partial charge in [0.15, 0.2) is 0 Å². The Balaban J connectivity index is 0.00000324. The van der Waals surface area contributed by atoms with Crippen LogP contribution in [0.5, 0.6) is 0 Å². The molecule has 9 heteroatoms. The summed E-state index contributed by atoms with van der Waals surface area (Å²) in [5, 5.41) is 0. The molecular formula is C25H36ClN3O4S. The Morgan fingerprint density at radius 1 is 1.09 bits per heavy atom. The lowest BCUT2D eigenvalue weighted by Gasteiger charge is -2.26. The number of carbonyl (C=O) groups excluding carboxylic acids is 2. The molecule has 188 valence electrons. The van der Waals surface area contributed by atoms with Crippen molar-refractivity contribution in [1.82, 2.24) is 14.1 Å². The first-order chi connectivity index (χ1) is 15.8. The Morgan fingerprint density at radius 2 is 1.76 bits per heavy atom. The number of hydrogen-bond donors (Lipinski definition) is 0. The predicted octanol–water partition coefficient (Wildman–Crippen LogP) is 3.30. The van der Waals surface area contributed by atoms with Gasteiger partial charge in [0.2, 0.25) is 21.8 Å². The maximum absolute atomic E-state index is 13.1. The van der Waals surface area contributed by atoms with Gasteiger partial charge in [-0.3, -0.25) is 14.5 Å². The van der Waals surface area contributed by atoms with Crippen molar-refractivity contribution < 1.29 is 18.0 Å². The highest BCUT2D eigenvalue weighted by atomic mass is 35.5. The number of amides is 2. The van der Waals surface area contributed by atoms with E-state index in [2.05, 4.69) is 17.0 Å². The molecule has 0 N–H and O–H groups in total. The van der Waals surface area contributed by atoms with E-state index in [4.69, 9.17) is 0 Å². The second-order valence-corrected chi connectivity index (χ2v) is 11.4. The van der Waals surface area contributed by atoms with Gasteiger partial charge in [-0.1, -0.05) is 44.0 Å². The number of nitrogens with zero attached hydrogens (tertiary/aromatic N) is 3. The third kappa shape index (κ3) is 5.66. The van der Waals surface area contributed by atoms with E-state index in [0.29, 0.717) is 19.4 Å². The van der Waals surface area contributed by atoms with Crippen molar-refractivity contribution in [3.05, 3.63) is 41.5 Å². The number of fused-ring (bicyclic) bond motifs is 1. The number of sulfonamides is 1. The lowest BCUT2D eigenvalue weighted by Crippen LogP contribution is -2.42. The van der Waals surface area contributed by atoms with Crippen molar-refractivity contribution in [1.29, 1.82) is 0 Å². The zero-order chi connectivity index (χ0) is 23.6. The lowest BCUT2D eigenvalue weighted by molar-refractivity contribution is -0.130. The van der Waals surface area contributed by atoms with Gasteiger partial charge in [-0.05, 0) is 56.0 Å². The third-order valence-corrected chi connectivity index (χ3v) is 8.33. The Labute approximate surface area is 209 Å². The van der Waals surface area contributed by atoms with Crippen LogP contribution in [0.1, 0.15) is 56.6 Å². The third-order valence-electron chi connectivity index (χ3n) is 7.16. The summed E-state index contributed by atoms with van der Waals surface area (Å²) in [7, 11) is -3.65. The second-order valence-electron chi connectivity index (χ2n) is 9.58. The Bertz CT molecular complexity index is 1010. The first kappa shape index (κ1) is 26.7. The molecule has 0 radical (unpaired) electrons. The summed E-state index contributed by atoms with van der Waals surface area (Å²) < 4.78 is 25.6. The van der Waals surface area contributed by atoms with Crippen molar-refractivity contribution in [2.45, 2.75) is 64.1 Å². The van der Waals surface area contributed by atoms with E-state index in [-0.39, 0.29) is 30.3 Å². The zero-order valence-electron chi connectivity index (χ0n) is 20.1. The van der Waals surface area contributed by atoms with Crippen molar-refractivity contribution in [2.75, 3.05) is 25.9 Å². The van der Waals surface area contributed by atoms with Crippen molar-refractivity contribution in [3.8, 4) is 0 Å². The molecule has 3 heterocycles. The van der Waals surface area contributed by atoms with Gasteiger partial charge < -0.3 is 4.90 Å². The maximum atomic E-state index is 13.1. The van der Waals surface area contributed by atoms with E-state index in [0.717, 1.165) is 42.2 Å². The molecule has 0 aliphatic carbocycles. The van der Waals surface area contributed by atoms with Gasteiger partial charge in [-0.25, -0.2) is 12.7 Å². The van der Waals surface area contributed by atoms with Gasteiger partial charge in [-0.2, -0.15) is 0 Å². The Morgan fingerprint density at radius 3 is 2.38 bits per heavy atom. The topological polar surface area (TPSA) is 78.0 Å². The normalized spacial score (nSPS) is 25.6. The number of benzene rings is 1. The fraction of sp³-hybridized carbons (Fsp3) is 0.600. The van der Waals surface area contributed by atoms with Gasteiger partial charge in [0.1, 0.15) is 0 Å². The predicted molar refractivity (Wildman–Crippen MR) is 136 cm³/mol. The van der Waals surface area contributed by atoms with Gasteiger partial charge in [0.25, 0.3) is 0 Å². The molecule has 1 aromatic carbocycles. The van der Waals surface area contributed by atoms with Crippen LogP contribution in [-0.4, -0.2) is 72.3 Å². The fourth-order valence-corrected chi connectivity index (χ4v) is 6.84. The molecular weight excluding hydrogens is 474 g/mol. The molecule has 1 aromatic rings. The monoisotopic (exact) mass is 509 g/mol. The summed E-state index contributed by atoms with van der Waals surface area (Å²) in [6.45, 7) is 5.72. The fourth-order valence-electron chi connectivity index (χ4n) is 5.66. The summed E-state index contributed by atoms with van der Waals surface area (Å²) >= 11 is 0.